The van der Waals surface area contributed by atoms with Crippen molar-refractivity contribution in [3.05, 3.63) is 24.3 Å². The molecule has 0 aliphatic rings. The van der Waals surface area contributed by atoms with Crippen LogP contribution < -0.4 is 20.4 Å². The van der Waals surface area contributed by atoms with E-state index in [1.54, 1.807) is 24.3 Å². The Hall–Kier alpha value is -1.73. The summed E-state index contributed by atoms with van der Waals surface area (Å²) in [5.41, 5.74) is 0.443. The molecule has 0 amide bonds. The van der Waals surface area contributed by atoms with Gasteiger partial charge in [-0.3, -0.25) is 0 Å². The van der Waals surface area contributed by atoms with E-state index in [0.29, 0.717) is 35.5 Å². The Morgan fingerprint density at radius 2 is 1.00 bits per heavy atom. The van der Waals surface area contributed by atoms with Gasteiger partial charge in [0.05, 0.1) is 13.2 Å². The van der Waals surface area contributed by atoms with Crippen LogP contribution >= 0.6 is 0 Å². The fourth-order valence-electron chi connectivity index (χ4n) is 3.62. The Morgan fingerprint density at radius 1 is 0.600 bits per heavy atom. The van der Waals surface area contributed by atoms with Crippen LogP contribution in [0.5, 0.6) is 11.5 Å². The summed E-state index contributed by atoms with van der Waals surface area (Å²) in [6.07, 6.45) is 8.42. The molecule has 0 heterocycles. The predicted octanol–water partition coefficient (Wildman–Crippen LogP) is 2.12. The van der Waals surface area contributed by atoms with E-state index in [1.165, 1.54) is 0 Å². The fourth-order valence-corrected chi connectivity index (χ4v) is 3.62. The van der Waals surface area contributed by atoms with Gasteiger partial charge in [-0.15, -0.1) is 0 Å². The van der Waals surface area contributed by atoms with Crippen LogP contribution in [0, 0.1) is 0 Å². The van der Waals surface area contributed by atoms with Crippen molar-refractivity contribution in [3.63, 3.8) is 0 Å². The number of rotatable bonds is 14. The zero-order valence-electron chi connectivity index (χ0n) is 18.1. The second kappa shape index (κ2) is 12.8. The largest absolute Gasteiger partial charge is 0.494 e. The third kappa shape index (κ3) is 6.64. The molecule has 164 valence electrons. The van der Waals surface area contributed by atoms with Crippen LogP contribution in [0.3, 0.4) is 0 Å². The highest BCUT2D eigenvalue weighted by molar-refractivity contribution is 6.66. The molecule has 0 fully saturated rings. The summed E-state index contributed by atoms with van der Waals surface area (Å²) in [5.74, 6) is 0.779. The molecule has 6 nitrogen and oxygen atoms in total. The number of unbranched alkanes of at least 4 members (excludes halogenated alkanes) is 6. The third-order valence-electron chi connectivity index (χ3n) is 5.23. The highest BCUT2D eigenvalue weighted by atomic mass is 16.5. The van der Waals surface area contributed by atoms with Crippen molar-refractivity contribution in [2.45, 2.75) is 65.2 Å². The van der Waals surface area contributed by atoms with Crippen molar-refractivity contribution in [1.82, 2.24) is 0 Å². The van der Waals surface area contributed by atoms with Crippen LogP contribution in [0.4, 0.5) is 0 Å². The molecule has 0 aromatic heterocycles. The maximum Gasteiger partial charge on any atom is 0.492 e. The summed E-state index contributed by atoms with van der Waals surface area (Å²) >= 11 is 0. The maximum atomic E-state index is 9.99. The molecule has 30 heavy (non-hydrogen) atoms. The predicted molar refractivity (Wildman–Crippen MR) is 123 cm³/mol. The second-order valence-corrected chi connectivity index (χ2v) is 7.62. The van der Waals surface area contributed by atoms with Crippen molar-refractivity contribution in [1.29, 1.82) is 0 Å². The number of hydrogen-bond donors (Lipinski definition) is 4. The van der Waals surface area contributed by atoms with Crippen LogP contribution in [0.15, 0.2) is 24.3 Å². The normalized spacial score (nSPS) is 11.0. The van der Waals surface area contributed by atoms with Gasteiger partial charge in [0.2, 0.25) is 0 Å². The highest BCUT2D eigenvalue weighted by Gasteiger charge is 2.26. The van der Waals surface area contributed by atoms with Crippen LogP contribution in [-0.4, -0.2) is 47.5 Å². The molecule has 0 aliphatic carbocycles. The van der Waals surface area contributed by atoms with Crippen LogP contribution in [0.1, 0.15) is 65.2 Å². The fraction of sp³-hybridized carbons (Fsp3) is 0.545. The minimum atomic E-state index is -1.75. The lowest BCUT2D eigenvalue weighted by molar-refractivity contribution is 0.305. The minimum Gasteiger partial charge on any atom is -0.494 e. The number of hydrogen-bond acceptors (Lipinski definition) is 6. The summed E-state index contributed by atoms with van der Waals surface area (Å²) in [5, 5.41) is 40.9. The van der Waals surface area contributed by atoms with Crippen molar-refractivity contribution >= 4 is 35.9 Å². The molecule has 4 N–H and O–H groups in total. The van der Waals surface area contributed by atoms with E-state index in [2.05, 4.69) is 13.8 Å². The first kappa shape index (κ1) is 24.5. The van der Waals surface area contributed by atoms with Gasteiger partial charge in [0.15, 0.2) is 0 Å². The monoisotopic (exact) mass is 416 g/mol. The molecular formula is C22H34B2O6. The van der Waals surface area contributed by atoms with Gasteiger partial charge < -0.3 is 29.6 Å². The van der Waals surface area contributed by atoms with E-state index in [4.69, 9.17) is 9.47 Å². The average Bonchev–Trinajstić information content (AvgIpc) is 2.72. The van der Waals surface area contributed by atoms with Crippen LogP contribution in [0.2, 0.25) is 0 Å². The lowest BCUT2D eigenvalue weighted by Crippen LogP contribution is -2.36. The molecule has 2 aromatic rings. The van der Waals surface area contributed by atoms with Crippen molar-refractivity contribution in [2.24, 2.45) is 0 Å². The first-order valence-electron chi connectivity index (χ1n) is 11.1. The Balaban J connectivity index is 2.30. The van der Waals surface area contributed by atoms with Gasteiger partial charge in [0.1, 0.15) is 11.5 Å². The molecule has 0 bridgehead atoms. The molecule has 0 unspecified atom stereocenters. The Bertz CT molecular complexity index is 717. The molecular weight excluding hydrogens is 382 g/mol. The second-order valence-electron chi connectivity index (χ2n) is 7.62. The standard InChI is InChI=1S/C22H34B2O6/c1-3-5-7-9-15-29-19-13-11-18-17(21(19)23(25)26)12-14-20(22(18)24(27)28)30-16-10-8-6-4-2/h11-14,25-28H,3-10,15-16H2,1-2H3. The van der Waals surface area contributed by atoms with Gasteiger partial charge in [-0.05, 0) is 35.7 Å². The summed E-state index contributed by atoms with van der Waals surface area (Å²) in [6, 6.07) is 6.71. The van der Waals surface area contributed by atoms with Crippen molar-refractivity contribution in [3.8, 4) is 11.5 Å². The van der Waals surface area contributed by atoms with Crippen LogP contribution in [-0.2, 0) is 0 Å². The van der Waals surface area contributed by atoms with Gasteiger partial charge in [0, 0.05) is 10.9 Å². The number of ether oxygens (including phenoxy) is 2. The van der Waals surface area contributed by atoms with E-state index < -0.39 is 14.2 Å². The molecule has 0 aliphatic heterocycles. The van der Waals surface area contributed by atoms with E-state index in [9.17, 15) is 20.1 Å². The molecule has 2 rings (SSSR count). The van der Waals surface area contributed by atoms with Gasteiger partial charge in [-0.2, -0.15) is 0 Å². The minimum absolute atomic E-state index is 0.222. The molecule has 0 saturated carbocycles. The Labute approximate surface area is 180 Å². The Kier molecular flexibility index (Phi) is 10.5. The maximum absolute atomic E-state index is 9.99. The molecule has 0 radical (unpaired) electrons. The first-order valence-corrected chi connectivity index (χ1v) is 11.1. The number of benzene rings is 2. The summed E-state index contributed by atoms with van der Waals surface area (Å²) in [7, 11) is -3.49. The quantitative estimate of drug-likeness (QED) is 0.278. The smallest absolute Gasteiger partial charge is 0.492 e. The lowest BCUT2D eigenvalue weighted by atomic mass is 9.71. The van der Waals surface area contributed by atoms with E-state index in [0.717, 1.165) is 51.4 Å². The third-order valence-corrected chi connectivity index (χ3v) is 5.23. The first-order chi connectivity index (χ1) is 14.5. The average molecular weight is 416 g/mol. The summed E-state index contributed by atoms with van der Waals surface area (Å²) in [4.78, 5) is 0. The van der Waals surface area contributed by atoms with E-state index in [-0.39, 0.29) is 10.9 Å². The van der Waals surface area contributed by atoms with Crippen molar-refractivity contribution in [2.75, 3.05) is 13.2 Å². The SMILES string of the molecule is CCCCCCOc1ccc2c(B(O)O)c(OCCCCCC)ccc2c1B(O)O. The topological polar surface area (TPSA) is 99.4 Å². The highest BCUT2D eigenvalue weighted by Crippen LogP contribution is 2.23. The zero-order valence-corrected chi connectivity index (χ0v) is 18.1. The van der Waals surface area contributed by atoms with Crippen molar-refractivity contribution < 1.29 is 29.6 Å². The van der Waals surface area contributed by atoms with Gasteiger partial charge in [-0.1, -0.05) is 64.5 Å². The van der Waals surface area contributed by atoms with Gasteiger partial charge >= 0.3 is 14.2 Å². The number of fused-ring (bicyclic) bond motifs is 1. The Morgan fingerprint density at radius 3 is 1.33 bits per heavy atom. The zero-order chi connectivity index (χ0) is 21.9. The summed E-state index contributed by atoms with van der Waals surface area (Å²) in [6.45, 7) is 5.25. The summed E-state index contributed by atoms with van der Waals surface area (Å²) < 4.78 is 11.6. The van der Waals surface area contributed by atoms with Crippen LogP contribution in [0.25, 0.3) is 10.8 Å². The van der Waals surface area contributed by atoms with E-state index in [1.807, 2.05) is 0 Å². The molecule has 0 atom stereocenters. The van der Waals surface area contributed by atoms with Gasteiger partial charge in [0.25, 0.3) is 0 Å². The molecule has 8 heteroatoms. The van der Waals surface area contributed by atoms with E-state index >= 15 is 0 Å². The van der Waals surface area contributed by atoms with Gasteiger partial charge in [-0.25, -0.2) is 0 Å². The molecule has 2 aromatic carbocycles. The molecule has 0 saturated heterocycles. The lowest BCUT2D eigenvalue weighted by Gasteiger charge is -2.18. The molecule has 0 spiro atoms.